The van der Waals surface area contributed by atoms with Crippen molar-refractivity contribution in [3.05, 3.63) is 77.9 Å². The van der Waals surface area contributed by atoms with Crippen molar-refractivity contribution in [2.45, 2.75) is 29.2 Å². The van der Waals surface area contributed by atoms with E-state index in [1.165, 1.54) is 6.33 Å². The average molecular weight is 436 g/mol. The second-order valence-electron chi connectivity index (χ2n) is 6.62. The molecule has 0 bridgehead atoms. The molecular formula is C18H15F3N6O2S. The third-order valence-corrected chi connectivity index (χ3v) is 6.11. The van der Waals surface area contributed by atoms with Gasteiger partial charge in [0.15, 0.2) is 0 Å². The van der Waals surface area contributed by atoms with Crippen LogP contribution in [0.15, 0.2) is 76.0 Å². The maximum absolute atomic E-state index is 13.1. The summed E-state index contributed by atoms with van der Waals surface area (Å²) in [5.41, 5.74) is -2.14. The van der Waals surface area contributed by atoms with Gasteiger partial charge in [0.1, 0.15) is 12.2 Å². The van der Waals surface area contributed by atoms with E-state index in [-0.39, 0.29) is 16.9 Å². The molecule has 0 amide bonds. The van der Waals surface area contributed by atoms with Gasteiger partial charge in [0, 0.05) is 12.0 Å². The maximum atomic E-state index is 13.1. The average Bonchev–Trinajstić information content (AvgIpc) is 3.40. The molecule has 0 fully saturated rings. The van der Waals surface area contributed by atoms with Crippen molar-refractivity contribution in [3.63, 3.8) is 0 Å². The lowest BCUT2D eigenvalue weighted by Crippen LogP contribution is -2.31. The maximum Gasteiger partial charge on any atom is 0.442 e. The Morgan fingerprint density at radius 3 is 2.23 bits per heavy atom. The Bertz CT molecular complexity index is 1140. The van der Waals surface area contributed by atoms with Crippen LogP contribution in [0.2, 0.25) is 0 Å². The van der Waals surface area contributed by atoms with Crippen LogP contribution >= 0.6 is 0 Å². The number of sulfonamides is 1. The van der Waals surface area contributed by atoms with Gasteiger partial charge in [-0.25, -0.2) is 18.1 Å². The highest BCUT2D eigenvalue weighted by molar-refractivity contribution is 7.89. The summed E-state index contributed by atoms with van der Waals surface area (Å²) in [5.74, 6) is 0.478. The minimum atomic E-state index is -4.68. The summed E-state index contributed by atoms with van der Waals surface area (Å²) in [6.07, 6.45) is -3.16. The van der Waals surface area contributed by atoms with E-state index in [1.807, 2.05) is 0 Å². The third-order valence-electron chi connectivity index (χ3n) is 4.62. The fraction of sp³-hybridized carbons (Fsp3) is 0.222. The van der Waals surface area contributed by atoms with Gasteiger partial charge in [-0.2, -0.15) is 18.3 Å². The first-order chi connectivity index (χ1) is 14.2. The summed E-state index contributed by atoms with van der Waals surface area (Å²) in [7, 11) is -4.04. The van der Waals surface area contributed by atoms with Gasteiger partial charge in [-0.3, -0.25) is 5.10 Å². The molecule has 0 saturated heterocycles. The molecule has 8 nitrogen and oxygen atoms in total. The molecule has 0 radical (unpaired) electrons. The zero-order chi connectivity index (χ0) is 21.4. The van der Waals surface area contributed by atoms with Crippen LogP contribution in [0.3, 0.4) is 0 Å². The highest BCUT2D eigenvalue weighted by Gasteiger charge is 2.65. The summed E-state index contributed by atoms with van der Waals surface area (Å²) in [5, 5.41) is 12.7. The monoisotopic (exact) mass is 436 g/mol. The van der Waals surface area contributed by atoms with Gasteiger partial charge in [-0.15, -0.1) is 10.2 Å². The number of rotatable bonds is 7. The van der Waals surface area contributed by atoms with E-state index in [0.717, 1.165) is 24.3 Å². The second-order valence-corrected chi connectivity index (χ2v) is 8.33. The number of H-pyrrole nitrogens is 1. The summed E-state index contributed by atoms with van der Waals surface area (Å²) in [6, 6.07) is 12.5. The van der Waals surface area contributed by atoms with E-state index in [4.69, 9.17) is 0 Å². The molecule has 2 aromatic carbocycles. The molecule has 30 heavy (non-hydrogen) atoms. The van der Waals surface area contributed by atoms with Gasteiger partial charge >= 0.3 is 11.8 Å². The molecule has 2 N–H and O–H groups in total. The molecule has 12 heteroatoms. The van der Waals surface area contributed by atoms with Crippen molar-refractivity contribution in [1.29, 1.82) is 0 Å². The van der Waals surface area contributed by atoms with E-state index < -0.39 is 27.9 Å². The standard InChI is InChI=1S/C18H15F3N6O2S/c19-18(20,21)17(26-27-17)13-6-8-14(9-7-13)30(28,29)25-15(10-16-22-11-23-24-16)12-4-2-1-3-5-12/h1-9,11,15,25H,10H2,(H,22,23,24). The second kappa shape index (κ2) is 7.29. The predicted octanol–water partition coefficient (Wildman–Crippen LogP) is 3.25. The Hall–Kier alpha value is -3.12. The first-order valence-electron chi connectivity index (χ1n) is 8.74. The van der Waals surface area contributed by atoms with Crippen LogP contribution in [-0.2, 0) is 22.1 Å². The van der Waals surface area contributed by atoms with Crippen molar-refractivity contribution in [1.82, 2.24) is 19.9 Å². The third kappa shape index (κ3) is 3.83. The first kappa shape index (κ1) is 20.2. The van der Waals surface area contributed by atoms with Gasteiger partial charge in [0.2, 0.25) is 10.0 Å². The molecule has 3 aromatic rings. The molecular weight excluding hydrogens is 421 g/mol. The van der Waals surface area contributed by atoms with E-state index in [1.54, 1.807) is 30.3 Å². The smallest absolute Gasteiger partial charge is 0.263 e. The number of nitrogens with one attached hydrogen (secondary N) is 2. The van der Waals surface area contributed by atoms with Crippen LogP contribution < -0.4 is 4.72 Å². The molecule has 4 rings (SSSR count). The van der Waals surface area contributed by atoms with Crippen LogP contribution in [0, 0.1) is 0 Å². The van der Waals surface area contributed by atoms with E-state index in [2.05, 4.69) is 30.1 Å². The summed E-state index contributed by atoms with van der Waals surface area (Å²) in [4.78, 5) is 3.85. The molecule has 1 aliphatic rings. The van der Waals surface area contributed by atoms with Crippen LogP contribution in [0.25, 0.3) is 0 Å². The van der Waals surface area contributed by atoms with Crippen LogP contribution in [-0.4, -0.2) is 29.8 Å². The highest BCUT2D eigenvalue weighted by Crippen LogP contribution is 2.52. The number of hydrogen-bond donors (Lipinski definition) is 2. The van der Waals surface area contributed by atoms with Gasteiger partial charge in [0.25, 0.3) is 0 Å². The van der Waals surface area contributed by atoms with Crippen LogP contribution in [0.1, 0.15) is 23.0 Å². The summed E-state index contributed by atoms with van der Waals surface area (Å²) in [6.45, 7) is 0. The van der Waals surface area contributed by atoms with Gasteiger partial charge in [-0.1, -0.05) is 42.5 Å². The number of nitrogens with zero attached hydrogens (tertiary/aromatic N) is 4. The highest BCUT2D eigenvalue weighted by atomic mass is 32.2. The lowest BCUT2D eigenvalue weighted by atomic mass is 10.0. The SMILES string of the molecule is O=S(=O)(NC(Cc1ncn[nH]1)c1ccccc1)c1ccc(C2(C(F)(F)F)N=N2)cc1. The molecule has 2 heterocycles. The number of benzene rings is 2. The van der Waals surface area contributed by atoms with Gasteiger partial charge < -0.3 is 0 Å². The lowest BCUT2D eigenvalue weighted by Gasteiger charge is -2.19. The number of hydrogen-bond acceptors (Lipinski definition) is 6. The topological polar surface area (TPSA) is 112 Å². The number of aromatic nitrogens is 3. The predicted molar refractivity (Wildman–Crippen MR) is 98.6 cm³/mol. The molecule has 1 aromatic heterocycles. The fourth-order valence-electron chi connectivity index (χ4n) is 3.00. The van der Waals surface area contributed by atoms with E-state index >= 15 is 0 Å². The van der Waals surface area contributed by atoms with E-state index in [9.17, 15) is 21.6 Å². The molecule has 156 valence electrons. The Labute approximate surface area is 169 Å². The van der Waals surface area contributed by atoms with Crippen molar-refractivity contribution < 1.29 is 21.6 Å². The van der Waals surface area contributed by atoms with Gasteiger partial charge in [-0.05, 0) is 17.7 Å². The summed E-state index contributed by atoms with van der Waals surface area (Å²) >= 11 is 0. The largest absolute Gasteiger partial charge is 0.442 e. The first-order valence-corrected chi connectivity index (χ1v) is 10.2. The van der Waals surface area contributed by atoms with Crippen LogP contribution in [0.4, 0.5) is 13.2 Å². The minimum Gasteiger partial charge on any atom is -0.263 e. The Morgan fingerprint density at radius 2 is 1.70 bits per heavy atom. The normalized spacial score (nSPS) is 16.4. The van der Waals surface area contributed by atoms with Crippen LogP contribution in [0.5, 0.6) is 0 Å². The fourth-order valence-corrected chi connectivity index (χ4v) is 4.22. The molecule has 0 spiro atoms. The Morgan fingerprint density at radius 1 is 1.03 bits per heavy atom. The van der Waals surface area contributed by atoms with Crippen molar-refractivity contribution >= 4 is 10.0 Å². The number of alkyl halides is 3. The van der Waals surface area contributed by atoms with Crippen molar-refractivity contribution in [3.8, 4) is 0 Å². The van der Waals surface area contributed by atoms with E-state index in [0.29, 0.717) is 11.4 Å². The number of aromatic amines is 1. The Balaban J connectivity index is 1.59. The summed E-state index contributed by atoms with van der Waals surface area (Å²) < 4.78 is 67.7. The number of halogens is 3. The molecule has 0 aliphatic carbocycles. The zero-order valence-corrected chi connectivity index (χ0v) is 16.0. The molecule has 0 saturated carbocycles. The molecule has 1 aliphatic heterocycles. The minimum absolute atomic E-state index is 0.178. The van der Waals surface area contributed by atoms with Gasteiger partial charge in [0.05, 0.1) is 10.9 Å². The molecule has 1 atom stereocenters. The van der Waals surface area contributed by atoms with Crippen molar-refractivity contribution in [2.24, 2.45) is 10.2 Å². The lowest BCUT2D eigenvalue weighted by molar-refractivity contribution is -0.166. The van der Waals surface area contributed by atoms with Crippen molar-refractivity contribution in [2.75, 3.05) is 0 Å². The zero-order valence-electron chi connectivity index (χ0n) is 15.2. The quantitative estimate of drug-likeness (QED) is 0.592. The Kier molecular flexibility index (Phi) is 4.90. The molecule has 1 unspecified atom stereocenters.